The molecule has 0 bridgehead atoms. The molecule has 19 heavy (non-hydrogen) atoms. The van der Waals surface area contributed by atoms with Gasteiger partial charge in [-0.3, -0.25) is 0 Å². The van der Waals surface area contributed by atoms with Crippen molar-refractivity contribution in [3.63, 3.8) is 0 Å². The molecule has 0 aliphatic carbocycles. The molecule has 3 N–H and O–H groups in total. The van der Waals surface area contributed by atoms with Gasteiger partial charge >= 0.3 is 0 Å². The second-order valence-electron chi connectivity index (χ2n) is 4.21. The van der Waals surface area contributed by atoms with Crippen molar-refractivity contribution in [2.75, 3.05) is 32.1 Å². The Morgan fingerprint density at radius 3 is 2.89 bits per heavy atom. The summed E-state index contributed by atoms with van der Waals surface area (Å²) in [6.07, 6.45) is 0. The summed E-state index contributed by atoms with van der Waals surface area (Å²) in [5.74, 6) is 0. The minimum atomic E-state index is -3.67. The zero-order valence-electron chi connectivity index (χ0n) is 10.1. The van der Waals surface area contributed by atoms with Crippen LogP contribution in [0.3, 0.4) is 0 Å². The number of aliphatic hydroxyl groups excluding tert-OH is 1. The Morgan fingerprint density at radius 1 is 1.53 bits per heavy atom. The van der Waals surface area contributed by atoms with Crippen LogP contribution >= 0.6 is 15.9 Å². The molecule has 0 aromatic heterocycles. The molecule has 1 heterocycles. The zero-order chi connectivity index (χ0) is 14.0. The monoisotopic (exact) mass is 350 g/mol. The highest BCUT2D eigenvalue weighted by Crippen LogP contribution is 2.26. The fourth-order valence-corrected chi connectivity index (χ4v) is 3.79. The number of nitrogens with two attached hydrogens (primary N) is 1. The number of ether oxygens (including phenoxy) is 1. The van der Waals surface area contributed by atoms with Crippen LogP contribution in [0.1, 0.15) is 0 Å². The molecule has 0 amide bonds. The highest BCUT2D eigenvalue weighted by atomic mass is 79.9. The van der Waals surface area contributed by atoms with E-state index < -0.39 is 16.1 Å². The Labute approximate surface area is 120 Å². The van der Waals surface area contributed by atoms with Gasteiger partial charge in [0.1, 0.15) is 0 Å². The Bertz CT molecular complexity index is 564. The van der Waals surface area contributed by atoms with E-state index in [1.54, 1.807) is 6.07 Å². The van der Waals surface area contributed by atoms with E-state index in [0.717, 1.165) is 0 Å². The van der Waals surface area contributed by atoms with Crippen LogP contribution in [0.15, 0.2) is 27.6 Å². The molecule has 106 valence electrons. The summed E-state index contributed by atoms with van der Waals surface area (Å²) in [5, 5.41) is 9.25. The molecule has 1 unspecified atom stereocenters. The molecule has 6 nitrogen and oxygen atoms in total. The van der Waals surface area contributed by atoms with E-state index in [1.165, 1.54) is 16.4 Å². The molecule has 1 atom stereocenters. The molecule has 1 aliphatic rings. The number of sulfonamides is 1. The van der Waals surface area contributed by atoms with Crippen LogP contribution < -0.4 is 5.73 Å². The van der Waals surface area contributed by atoms with Crippen LogP contribution in [0.4, 0.5) is 5.69 Å². The predicted molar refractivity (Wildman–Crippen MR) is 74.1 cm³/mol. The van der Waals surface area contributed by atoms with E-state index in [4.69, 9.17) is 10.5 Å². The van der Waals surface area contributed by atoms with Crippen LogP contribution in [-0.2, 0) is 14.8 Å². The van der Waals surface area contributed by atoms with Gasteiger partial charge in [-0.1, -0.05) is 0 Å². The molecule has 1 fully saturated rings. The van der Waals surface area contributed by atoms with E-state index in [1.807, 2.05) is 0 Å². The Hall–Kier alpha value is -0.670. The van der Waals surface area contributed by atoms with Crippen LogP contribution in [0.2, 0.25) is 0 Å². The quantitative estimate of drug-likeness (QED) is 0.770. The molecule has 0 spiro atoms. The van der Waals surface area contributed by atoms with Crippen molar-refractivity contribution in [3.05, 3.63) is 22.7 Å². The SMILES string of the molecule is Nc1cc(S(=O)(=O)N2CCOCC2CO)ccc1Br. The van der Waals surface area contributed by atoms with Gasteiger partial charge in [0.05, 0.1) is 30.8 Å². The van der Waals surface area contributed by atoms with Gasteiger partial charge in [-0.05, 0) is 34.1 Å². The fraction of sp³-hybridized carbons (Fsp3) is 0.455. The van der Waals surface area contributed by atoms with Crippen molar-refractivity contribution in [1.29, 1.82) is 0 Å². The lowest BCUT2D eigenvalue weighted by Crippen LogP contribution is -2.50. The van der Waals surface area contributed by atoms with E-state index >= 15 is 0 Å². The number of hydrogen-bond acceptors (Lipinski definition) is 5. The number of aliphatic hydroxyl groups is 1. The van der Waals surface area contributed by atoms with Gasteiger partial charge in [-0.2, -0.15) is 4.31 Å². The number of anilines is 1. The topological polar surface area (TPSA) is 92.9 Å². The summed E-state index contributed by atoms with van der Waals surface area (Å²) in [6.45, 7) is 0.470. The second kappa shape index (κ2) is 5.76. The molecular formula is C11H15BrN2O4S. The number of nitrogens with zero attached hydrogens (tertiary/aromatic N) is 1. The molecule has 1 aliphatic heterocycles. The first-order valence-corrected chi connectivity index (χ1v) is 7.95. The summed E-state index contributed by atoms with van der Waals surface area (Å²) in [7, 11) is -3.67. The lowest BCUT2D eigenvalue weighted by atomic mass is 10.3. The minimum absolute atomic E-state index is 0.119. The summed E-state index contributed by atoms with van der Waals surface area (Å²) < 4.78 is 32.1. The minimum Gasteiger partial charge on any atom is -0.398 e. The maximum Gasteiger partial charge on any atom is 0.243 e. The average Bonchev–Trinajstić information content (AvgIpc) is 2.41. The predicted octanol–water partition coefficient (Wildman–Crippen LogP) is 0.413. The van der Waals surface area contributed by atoms with Gasteiger partial charge < -0.3 is 15.6 Å². The number of benzene rings is 1. The molecular weight excluding hydrogens is 336 g/mol. The van der Waals surface area contributed by atoms with Crippen molar-refractivity contribution in [1.82, 2.24) is 4.31 Å². The van der Waals surface area contributed by atoms with Crippen LogP contribution in [0.25, 0.3) is 0 Å². The third-order valence-electron chi connectivity index (χ3n) is 2.96. The summed E-state index contributed by atoms with van der Waals surface area (Å²) in [6, 6.07) is 3.93. The molecule has 1 saturated heterocycles. The molecule has 0 radical (unpaired) electrons. The van der Waals surface area contributed by atoms with Gasteiger partial charge in [-0.15, -0.1) is 0 Å². The van der Waals surface area contributed by atoms with E-state index in [0.29, 0.717) is 16.8 Å². The van der Waals surface area contributed by atoms with Crippen molar-refractivity contribution in [2.24, 2.45) is 0 Å². The number of nitrogen functional groups attached to an aromatic ring is 1. The summed E-state index contributed by atoms with van der Waals surface area (Å²) in [4.78, 5) is 0.119. The third kappa shape index (κ3) is 2.92. The smallest absolute Gasteiger partial charge is 0.243 e. The summed E-state index contributed by atoms with van der Waals surface area (Å²) >= 11 is 3.22. The zero-order valence-corrected chi connectivity index (χ0v) is 12.5. The van der Waals surface area contributed by atoms with Crippen molar-refractivity contribution in [2.45, 2.75) is 10.9 Å². The molecule has 1 aromatic carbocycles. The lowest BCUT2D eigenvalue weighted by Gasteiger charge is -2.33. The molecule has 0 saturated carbocycles. The van der Waals surface area contributed by atoms with E-state index in [-0.39, 0.29) is 24.7 Å². The summed E-state index contributed by atoms with van der Waals surface area (Å²) in [5.41, 5.74) is 6.07. The van der Waals surface area contributed by atoms with Gasteiger partial charge in [0.2, 0.25) is 10.0 Å². The largest absolute Gasteiger partial charge is 0.398 e. The van der Waals surface area contributed by atoms with Crippen molar-refractivity contribution >= 4 is 31.6 Å². The van der Waals surface area contributed by atoms with Crippen LogP contribution in [0.5, 0.6) is 0 Å². The van der Waals surface area contributed by atoms with E-state index in [9.17, 15) is 13.5 Å². The van der Waals surface area contributed by atoms with Crippen molar-refractivity contribution < 1.29 is 18.3 Å². The maximum atomic E-state index is 12.5. The second-order valence-corrected chi connectivity index (χ2v) is 6.96. The molecule has 1 aromatic rings. The van der Waals surface area contributed by atoms with Gasteiger partial charge in [0, 0.05) is 16.7 Å². The number of morpholine rings is 1. The Kier molecular flexibility index (Phi) is 4.46. The number of rotatable bonds is 3. The normalized spacial score (nSPS) is 21.5. The van der Waals surface area contributed by atoms with Crippen molar-refractivity contribution in [3.8, 4) is 0 Å². The highest BCUT2D eigenvalue weighted by Gasteiger charge is 2.33. The first-order valence-electron chi connectivity index (χ1n) is 5.72. The van der Waals surface area contributed by atoms with E-state index in [2.05, 4.69) is 15.9 Å². The highest BCUT2D eigenvalue weighted by molar-refractivity contribution is 9.10. The fourth-order valence-electron chi connectivity index (χ4n) is 1.92. The standard InChI is InChI=1S/C11H15BrN2O4S/c12-10-2-1-9(5-11(10)13)19(16,17)14-3-4-18-7-8(14)6-15/h1-2,5,8,15H,3-4,6-7,13H2. The van der Waals surface area contributed by atoms with Gasteiger partial charge in [0.15, 0.2) is 0 Å². The molecule has 2 rings (SSSR count). The van der Waals surface area contributed by atoms with Crippen LogP contribution in [0, 0.1) is 0 Å². The maximum absolute atomic E-state index is 12.5. The Morgan fingerprint density at radius 2 is 2.26 bits per heavy atom. The third-order valence-corrected chi connectivity index (χ3v) is 5.63. The van der Waals surface area contributed by atoms with Gasteiger partial charge in [-0.25, -0.2) is 8.42 Å². The first kappa shape index (κ1) is 14.7. The first-order chi connectivity index (χ1) is 8.96. The van der Waals surface area contributed by atoms with Crippen LogP contribution in [-0.4, -0.2) is 50.2 Å². The lowest BCUT2D eigenvalue weighted by molar-refractivity contribution is 0.0109. The Balaban J connectivity index is 2.37. The number of hydrogen-bond donors (Lipinski definition) is 2. The van der Waals surface area contributed by atoms with Gasteiger partial charge in [0.25, 0.3) is 0 Å². The average molecular weight is 351 g/mol. The molecule has 8 heteroatoms. The number of halogens is 1.